The van der Waals surface area contributed by atoms with Gasteiger partial charge in [-0.05, 0) is 32.3 Å². The Bertz CT molecular complexity index is 810. The molecule has 0 radical (unpaired) electrons. The number of carbonyl (C=O) groups is 1. The molecule has 1 fully saturated rings. The van der Waals surface area contributed by atoms with Gasteiger partial charge in [-0.2, -0.15) is 0 Å². The van der Waals surface area contributed by atoms with Crippen molar-refractivity contribution in [3.05, 3.63) is 58.0 Å². The Morgan fingerprint density at radius 3 is 2.54 bits per heavy atom. The topological polar surface area (TPSA) is 58.4 Å². The number of hydrogen-bond acceptors (Lipinski definition) is 4. The molecule has 1 aliphatic heterocycles. The first-order chi connectivity index (χ1) is 12.6. The van der Waals surface area contributed by atoms with Crippen LogP contribution in [-0.2, 0) is 17.9 Å². The normalized spacial score (nSPS) is 13.8. The molecule has 0 atom stereocenters. The highest BCUT2D eigenvalue weighted by Gasteiger charge is 2.21. The van der Waals surface area contributed by atoms with Crippen molar-refractivity contribution in [3.63, 3.8) is 0 Å². The third kappa shape index (κ3) is 4.12. The number of carbonyl (C=O) groups excluding carboxylic acids is 1. The van der Waals surface area contributed by atoms with Crippen molar-refractivity contribution in [2.75, 3.05) is 24.5 Å². The largest absolute Gasteiger partial charge is 0.342 e. The van der Waals surface area contributed by atoms with Gasteiger partial charge in [-0.1, -0.05) is 30.3 Å². The molecule has 6 nitrogen and oxygen atoms in total. The quantitative estimate of drug-likeness (QED) is 0.798. The van der Waals surface area contributed by atoms with E-state index in [2.05, 4.69) is 9.88 Å². The maximum Gasteiger partial charge on any atom is 0.255 e. The first kappa shape index (κ1) is 18.2. The maximum atomic E-state index is 12.9. The van der Waals surface area contributed by atoms with Crippen LogP contribution in [0.3, 0.4) is 0 Å². The van der Waals surface area contributed by atoms with Crippen molar-refractivity contribution in [2.45, 2.75) is 39.8 Å². The van der Waals surface area contributed by atoms with E-state index < -0.39 is 0 Å². The number of rotatable bonds is 6. The number of amides is 1. The summed E-state index contributed by atoms with van der Waals surface area (Å²) in [6.07, 6.45) is 2.18. The van der Waals surface area contributed by atoms with Gasteiger partial charge in [0.2, 0.25) is 11.9 Å². The molecule has 138 valence electrons. The lowest BCUT2D eigenvalue weighted by Crippen LogP contribution is -2.38. The highest BCUT2D eigenvalue weighted by Crippen LogP contribution is 2.17. The van der Waals surface area contributed by atoms with Gasteiger partial charge < -0.3 is 9.80 Å². The van der Waals surface area contributed by atoms with Gasteiger partial charge in [0, 0.05) is 37.9 Å². The summed E-state index contributed by atoms with van der Waals surface area (Å²) in [5.74, 6) is 0.557. The Hall–Kier alpha value is -2.63. The minimum atomic E-state index is -0.163. The Kier molecular flexibility index (Phi) is 5.71. The molecule has 0 unspecified atom stereocenters. The van der Waals surface area contributed by atoms with Gasteiger partial charge in [0.25, 0.3) is 5.56 Å². The van der Waals surface area contributed by atoms with Gasteiger partial charge in [-0.15, -0.1) is 0 Å². The van der Waals surface area contributed by atoms with Gasteiger partial charge in [0.1, 0.15) is 6.54 Å². The molecule has 0 bridgehead atoms. The van der Waals surface area contributed by atoms with Crippen LogP contribution in [-0.4, -0.2) is 40.0 Å². The minimum Gasteiger partial charge on any atom is -0.342 e. The molecule has 1 aromatic heterocycles. The Morgan fingerprint density at radius 1 is 1.19 bits per heavy atom. The smallest absolute Gasteiger partial charge is 0.255 e. The molecule has 6 heteroatoms. The van der Waals surface area contributed by atoms with Gasteiger partial charge in [0.05, 0.1) is 0 Å². The number of nitrogens with zero attached hydrogens (tertiary/aromatic N) is 4. The van der Waals surface area contributed by atoms with Crippen molar-refractivity contribution in [3.8, 4) is 0 Å². The Balaban J connectivity index is 1.82. The van der Waals surface area contributed by atoms with Crippen molar-refractivity contribution in [1.82, 2.24) is 14.5 Å². The fourth-order valence-corrected chi connectivity index (χ4v) is 3.33. The number of benzene rings is 1. The van der Waals surface area contributed by atoms with Crippen LogP contribution in [0.1, 0.15) is 31.0 Å². The minimum absolute atomic E-state index is 0.0264. The molecule has 0 spiro atoms. The fraction of sp³-hybridized carbons (Fsp3) is 0.450. The van der Waals surface area contributed by atoms with Gasteiger partial charge in [-0.25, -0.2) is 4.98 Å². The van der Waals surface area contributed by atoms with Crippen molar-refractivity contribution in [1.29, 1.82) is 0 Å². The van der Waals surface area contributed by atoms with Crippen molar-refractivity contribution in [2.24, 2.45) is 0 Å². The second-order valence-electron chi connectivity index (χ2n) is 6.71. The van der Waals surface area contributed by atoms with Gasteiger partial charge in [-0.3, -0.25) is 14.2 Å². The first-order valence-corrected chi connectivity index (χ1v) is 9.23. The third-order valence-electron chi connectivity index (χ3n) is 4.75. The van der Waals surface area contributed by atoms with E-state index >= 15 is 0 Å². The SMILES string of the molecule is CCN(Cc1ccccc1)C(=O)Cn1c(N2CCCC2)nc(C)cc1=O. The monoisotopic (exact) mass is 354 g/mol. The molecule has 0 aliphatic carbocycles. The zero-order chi connectivity index (χ0) is 18.5. The number of anilines is 1. The first-order valence-electron chi connectivity index (χ1n) is 9.23. The van der Waals surface area contributed by atoms with E-state index in [9.17, 15) is 9.59 Å². The van der Waals surface area contributed by atoms with E-state index in [0.717, 1.165) is 31.5 Å². The molecule has 1 amide bonds. The zero-order valence-corrected chi connectivity index (χ0v) is 15.5. The summed E-state index contributed by atoms with van der Waals surface area (Å²) in [7, 11) is 0. The van der Waals surface area contributed by atoms with Crippen LogP contribution >= 0.6 is 0 Å². The van der Waals surface area contributed by atoms with E-state index in [-0.39, 0.29) is 18.0 Å². The molecular formula is C20H26N4O2. The number of aromatic nitrogens is 2. The molecule has 1 aromatic carbocycles. The third-order valence-corrected chi connectivity index (χ3v) is 4.75. The second-order valence-corrected chi connectivity index (χ2v) is 6.71. The number of hydrogen-bond donors (Lipinski definition) is 0. The van der Waals surface area contributed by atoms with Crippen LogP contribution in [0.15, 0.2) is 41.2 Å². The lowest BCUT2D eigenvalue weighted by atomic mass is 10.2. The van der Waals surface area contributed by atoms with Crippen LogP contribution in [0.25, 0.3) is 0 Å². The van der Waals surface area contributed by atoms with Crippen molar-refractivity contribution >= 4 is 11.9 Å². The average Bonchev–Trinajstić information content (AvgIpc) is 3.17. The van der Waals surface area contributed by atoms with E-state index in [1.165, 1.54) is 10.6 Å². The molecule has 2 aromatic rings. The fourth-order valence-electron chi connectivity index (χ4n) is 3.33. The molecule has 0 saturated carbocycles. The standard InChI is InChI=1S/C20H26N4O2/c1-3-22(14-17-9-5-4-6-10-17)19(26)15-24-18(25)13-16(2)21-20(24)23-11-7-8-12-23/h4-6,9-10,13H,3,7-8,11-12,14-15H2,1-2H3. The summed E-state index contributed by atoms with van der Waals surface area (Å²) in [6, 6.07) is 11.4. The summed E-state index contributed by atoms with van der Waals surface area (Å²) in [6.45, 7) is 6.71. The van der Waals surface area contributed by atoms with Crippen LogP contribution in [0.5, 0.6) is 0 Å². The predicted molar refractivity (Wildman–Crippen MR) is 102 cm³/mol. The summed E-state index contributed by atoms with van der Waals surface area (Å²) >= 11 is 0. The molecule has 1 aliphatic rings. The van der Waals surface area contributed by atoms with Crippen LogP contribution in [0.2, 0.25) is 0 Å². The van der Waals surface area contributed by atoms with Crippen molar-refractivity contribution < 1.29 is 4.79 Å². The van der Waals surface area contributed by atoms with Gasteiger partial charge >= 0.3 is 0 Å². The summed E-state index contributed by atoms with van der Waals surface area (Å²) in [4.78, 5) is 33.9. The Morgan fingerprint density at radius 2 is 1.88 bits per heavy atom. The summed E-state index contributed by atoms with van der Waals surface area (Å²) in [5.41, 5.74) is 1.61. The van der Waals surface area contributed by atoms with E-state index in [1.54, 1.807) is 4.90 Å². The highest BCUT2D eigenvalue weighted by atomic mass is 16.2. The second kappa shape index (κ2) is 8.17. The van der Waals surface area contributed by atoms with E-state index in [1.807, 2.05) is 44.2 Å². The molecule has 2 heterocycles. The Labute approximate surface area is 154 Å². The van der Waals surface area contributed by atoms with Crippen LogP contribution in [0, 0.1) is 6.92 Å². The lowest BCUT2D eigenvalue weighted by molar-refractivity contribution is -0.132. The van der Waals surface area contributed by atoms with E-state index in [4.69, 9.17) is 0 Å². The van der Waals surface area contributed by atoms with E-state index in [0.29, 0.717) is 24.7 Å². The molecule has 0 N–H and O–H groups in total. The predicted octanol–water partition coefficient (Wildman–Crippen LogP) is 2.20. The van der Waals surface area contributed by atoms with Crippen LogP contribution in [0.4, 0.5) is 5.95 Å². The highest BCUT2D eigenvalue weighted by molar-refractivity contribution is 5.76. The lowest BCUT2D eigenvalue weighted by Gasteiger charge is -2.25. The number of aryl methyl sites for hydroxylation is 1. The van der Waals surface area contributed by atoms with Gasteiger partial charge in [0.15, 0.2) is 0 Å². The molecule has 26 heavy (non-hydrogen) atoms. The molecular weight excluding hydrogens is 328 g/mol. The molecule has 3 rings (SSSR count). The maximum absolute atomic E-state index is 12.9. The summed E-state index contributed by atoms with van der Waals surface area (Å²) < 4.78 is 1.52. The number of likely N-dealkylation sites (N-methyl/N-ethyl adjacent to an activating group) is 1. The van der Waals surface area contributed by atoms with Crippen LogP contribution < -0.4 is 10.5 Å². The molecule has 1 saturated heterocycles. The summed E-state index contributed by atoms with van der Waals surface area (Å²) in [5, 5.41) is 0. The zero-order valence-electron chi connectivity index (χ0n) is 15.5. The average molecular weight is 354 g/mol.